The second-order valence-electron chi connectivity index (χ2n) is 5.58. The lowest BCUT2D eigenvalue weighted by Crippen LogP contribution is -2.16. The molecule has 1 aromatic carbocycles. The molecule has 0 unspecified atom stereocenters. The summed E-state index contributed by atoms with van der Waals surface area (Å²) in [5.41, 5.74) is 0.694. The van der Waals surface area contributed by atoms with Crippen LogP contribution in [0.4, 0.5) is 0 Å². The van der Waals surface area contributed by atoms with Crippen LogP contribution < -0.4 is 0 Å². The number of phenols is 1. The Bertz CT molecular complexity index is 605. The average molecular weight is 298 g/mol. The Balaban J connectivity index is 3.35. The highest BCUT2D eigenvalue weighted by Gasteiger charge is 2.23. The highest BCUT2D eigenvalue weighted by molar-refractivity contribution is 7.90. The van der Waals surface area contributed by atoms with Crippen molar-refractivity contribution in [3.05, 3.63) is 23.8 Å². The van der Waals surface area contributed by atoms with Gasteiger partial charge in [-0.3, -0.25) is 0 Å². The molecule has 0 aliphatic rings. The lowest BCUT2D eigenvalue weighted by molar-refractivity contribution is 0.454. The molecule has 6 heteroatoms. The fourth-order valence-electron chi connectivity index (χ4n) is 1.56. The van der Waals surface area contributed by atoms with Gasteiger partial charge in [0.25, 0.3) is 10.0 Å². The lowest BCUT2D eigenvalue weighted by atomic mass is 9.82. The third kappa shape index (κ3) is 3.72. The minimum absolute atomic E-state index is 0.158. The molecule has 0 aromatic heterocycles. The molecule has 0 heterocycles. The summed E-state index contributed by atoms with van der Waals surface area (Å²) >= 11 is 0. The van der Waals surface area contributed by atoms with E-state index < -0.39 is 10.0 Å². The standard InChI is InChI=1S/C14H22N2O3S/c1-6-14(2,3)11-7-8-12(17)13(9-11)20(18,19)15-10-16(4)5/h7-10,17H,6H2,1-5H3. The number of sulfonamides is 1. The van der Waals surface area contributed by atoms with Crippen LogP contribution in [0.2, 0.25) is 0 Å². The molecule has 1 aromatic rings. The first-order valence-electron chi connectivity index (χ1n) is 6.40. The monoisotopic (exact) mass is 298 g/mol. The van der Waals surface area contributed by atoms with Gasteiger partial charge in [0.05, 0.1) is 0 Å². The van der Waals surface area contributed by atoms with Gasteiger partial charge in [-0.15, -0.1) is 4.40 Å². The van der Waals surface area contributed by atoms with E-state index >= 15 is 0 Å². The average Bonchev–Trinajstić information content (AvgIpc) is 2.36. The Kier molecular flexibility index (Phi) is 4.81. The first kappa shape index (κ1) is 16.5. The van der Waals surface area contributed by atoms with Gasteiger partial charge in [-0.25, -0.2) is 0 Å². The van der Waals surface area contributed by atoms with Crippen molar-refractivity contribution in [1.29, 1.82) is 0 Å². The zero-order valence-corrected chi connectivity index (χ0v) is 13.4. The highest BCUT2D eigenvalue weighted by Crippen LogP contribution is 2.32. The van der Waals surface area contributed by atoms with Crippen LogP contribution in [0.1, 0.15) is 32.8 Å². The fourth-order valence-corrected chi connectivity index (χ4v) is 2.59. The molecule has 0 atom stereocenters. The number of phenolic OH excluding ortho intramolecular Hbond substituents is 1. The summed E-state index contributed by atoms with van der Waals surface area (Å²) in [4.78, 5) is 1.36. The van der Waals surface area contributed by atoms with Crippen molar-refractivity contribution in [2.45, 2.75) is 37.5 Å². The van der Waals surface area contributed by atoms with Gasteiger partial charge in [0, 0.05) is 14.1 Å². The van der Waals surface area contributed by atoms with Gasteiger partial charge >= 0.3 is 0 Å². The molecular formula is C14H22N2O3S. The summed E-state index contributed by atoms with van der Waals surface area (Å²) in [7, 11) is -0.547. The largest absolute Gasteiger partial charge is 0.507 e. The highest BCUT2D eigenvalue weighted by atomic mass is 32.2. The molecule has 0 radical (unpaired) electrons. The second-order valence-corrected chi connectivity index (χ2v) is 7.18. The number of benzene rings is 1. The van der Waals surface area contributed by atoms with E-state index in [0.29, 0.717) is 0 Å². The maximum atomic E-state index is 12.1. The lowest BCUT2D eigenvalue weighted by Gasteiger charge is -2.23. The van der Waals surface area contributed by atoms with Crippen LogP contribution in [0.25, 0.3) is 0 Å². The summed E-state index contributed by atoms with van der Waals surface area (Å²) in [6, 6.07) is 4.65. The second kappa shape index (κ2) is 5.83. The predicted octanol–water partition coefficient (Wildman–Crippen LogP) is 2.36. The van der Waals surface area contributed by atoms with E-state index in [9.17, 15) is 13.5 Å². The zero-order chi connectivity index (χ0) is 15.6. The molecule has 0 amide bonds. The van der Waals surface area contributed by atoms with Crippen LogP contribution >= 0.6 is 0 Å². The Labute approximate surface area is 121 Å². The topological polar surface area (TPSA) is 70.0 Å². The van der Waals surface area contributed by atoms with E-state index in [4.69, 9.17) is 0 Å². The van der Waals surface area contributed by atoms with Crippen LogP contribution in [0, 0.1) is 0 Å². The van der Waals surface area contributed by atoms with Crippen LogP contribution in [-0.2, 0) is 15.4 Å². The number of aromatic hydroxyl groups is 1. The zero-order valence-electron chi connectivity index (χ0n) is 12.6. The molecule has 112 valence electrons. The Hall–Kier alpha value is -1.56. The van der Waals surface area contributed by atoms with E-state index in [0.717, 1.165) is 12.0 Å². The molecule has 0 saturated heterocycles. The van der Waals surface area contributed by atoms with E-state index in [1.807, 2.05) is 20.8 Å². The Morgan fingerprint density at radius 3 is 2.45 bits per heavy atom. The molecule has 5 nitrogen and oxygen atoms in total. The minimum Gasteiger partial charge on any atom is -0.507 e. The molecule has 20 heavy (non-hydrogen) atoms. The third-order valence-electron chi connectivity index (χ3n) is 3.32. The van der Waals surface area contributed by atoms with Crippen LogP contribution in [0.3, 0.4) is 0 Å². The van der Waals surface area contributed by atoms with Crippen molar-refractivity contribution >= 4 is 16.4 Å². The SMILES string of the molecule is CCC(C)(C)c1ccc(O)c(S(=O)(=O)N=CN(C)C)c1. The Morgan fingerprint density at radius 2 is 1.95 bits per heavy atom. The smallest absolute Gasteiger partial charge is 0.287 e. The van der Waals surface area contributed by atoms with E-state index in [2.05, 4.69) is 4.40 Å². The summed E-state index contributed by atoms with van der Waals surface area (Å²) in [6.45, 7) is 6.09. The maximum absolute atomic E-state index is 12.1. The summed E-state index contributed by atoms with van der Waals surface area (Å²) in [5, 5.41) is 9.81. The molecule has 0 aliphatic carbocycles. The maximum Gasteiger partial charge on any atom is 0.287 e. The predicted molar refractivity (Wildman–Crippen MR) is 80.8 cm³/mol. The van der Waals surface area contributed by atoms with Crippen LogP contribution in [0.5, 0.6) is 5.75 Å². The normalized spacial score (nSPS) is 12.8. The molecule has 1 rings (SSSR count). The molecular weight excluding hydrogens is 276 g/mol. The van der Waals surface area contributed by atoms with Crippen molar-refractivity contribution in [3.8, 4) is 5.75 Å². The van der Waals surface area contributed by atoms with Gasteiger partial charge in [-0.2, -0.15) is 8.42 Å². The number of hydrogen-bond donors (Lipinski definition) is 1. The van der Waals surface area contributed by atoms with Crippen molar-refractivity contribution < 1.29 is 13.5 Å². The van der Waals surface area contributed by atoms with Gasteiger partial charge < -0.3 is 10.0 Å². The summed E-state index contributed by atoms with van der Waals surface area (Å²) in [6.07, 6.45) is 2.06. The van der Waals surface area contributed by atoms with Crippen LogP contribution in [-0.4, -0.2) is 38.9 Å². The first-order valence-corrected chi connectivity index (χ1v) is 7.84. The molecule has 0 bridgehead atoms. The number of rotatable bonds is 5. The third-order valence-corrected chi connectivity index (χ3v) is 4.57. The van der Waals surface area contributed by atoms with E-state index in [1.54, 1.807) is 20.2 Å². The van der Waals surface area contributed by atoms with Crippen molar-refractivity contribution in [1.82, 2.24) is 4.90 Å². The fraction of sp³-hybridized carbons (Fsp3) is 0.500. The van der Waals surface area contributed by atoms with E-state index in [1.165, 1.54) is 23.4 Å². The van der Waals surface area contributed by atoms with Crippen LogP contribution in [0.15, 0.2) is 27.5 Å². The molecule has 0 aliphatic heterocycles. The van der Waals surface area contributed by atoms with E-state index in [-0.39, 0.29) is 16.1 Å². The molecule has 1 N–H and O–H groups in total. The van der Waals surface area contributed by atoms with Gasteiger partial charge in [0.1, 0.15) is 17.0 Å². The van der Waals surface area contributed by atoms with Gasteiger partial charge in [0.2, 0.25) is 0 Å². The quantitative estimate of drug-likeness (QED) is 0.669. The number of nitrogens with zero attached hydrogens (tertiary/aromatic N) is 2. The number of hydrogen-bond acceptors (Lipinski definition) is 3. The first-order chi connectivity index (χ1) is 9.10. The van der Waals surface area contributed by atoms with Gasteiger partial charge in [-0.1, -0.05) is 26.8 Å². The summed E-state index contributed by atoms with van der Waals surface area (Å²) in [5.74, 6) is -0.281. The van der Waals surface area contributed by atoms with Crippen molar-refractivity contribution in [2.24, 2.45) is 4.40 Å². The molecule has 0 fully saturated rings. The van der Waals surface area contributed by atoms with Crippen molar-refractivity contribution in [3.63, 3.8) is 0 Å². The minimum atomic E-state index is -3.90. The summed E-state index contributed by atoms with van der Waals surface area (Å²) < 4.78 is 27.8. The Morgan fingerprint density at radius 1 is 1.35 bits per heavy atom. The van der Waals surface area contributed by atoms with Gasteiger partial charge in [0.15, 0.2) is 0 Å². The molecule has 0 spiro atoms. The van der Waals surface area contributed by atoms with Gasteiger partial charge in [-0.05, 0) is 29.5 Å². The molecule has 0 saturated carbocycles. The van der Waals surface area contributed by atoms with Crippen molar-refractivity contribution in [2.75, 3.05) is 14.1 Å².